The number of hydrogen-bond acceptors (Lipinski definition) is 6. The molecule has 0 aliphatic carbocycles. The molecule has 0 saturated heterocycles. The number of hydrazone groups is 1. The lowest BCUT2D eigenvalue weighted by molar-refractivity contribution is -0.533. The second-order valence-corrected chi connectivity index (χ2v) is 3.93. The van der Waals surface area contributed by atoms with Crippen LogP contribution in [0.1, 0.15) is 18.9 Å². The largest absolute Gasteiger partial charge is 0.494 e. The van der Waals surface area contributed by atoms with Gasteiger partial charge in [-0.2, -0.15) is 5.26 Å². The van der Waals surface area contributed by atoms with E-state index in [4.69, 9.17) is 36.8 Å². The van der Waals surface area contributed by atoms with Crippen LogP contribution in [0.15, 0.2) is 29.4 Å². The summed E-state index contributed by atoms with van der Waals surface area (Å²) >= 11 is 0. The maximum absolute atomic E-state index is 8.53. The predicted molar refractivity (Wildman–Crippen MR) is 84.3 cm³/mol. The molecule has 0 heterocycles. The Morgan fingerprint density at radius 3 is 2.39 bits per heavy atom. The molecule has 4 N–H and O–H groups in total. The van der Waals surface area contributed by atoms with Gasteiger partial charge in [0.15, 0.2) is 0 Å². The smallest absolute Gasteiger partial charge is 0.365 e. The molecule has 0 amide bonds. The molecule has 10 nitrogen and oxygen atoms in total. The topological polar surface area (TPSA) is 167 Å². The highest BCUT2D eigenvalue weighted by molar-refractivity contribution is 5.79. The number of nitriles is 1. The van der Waals surface area contributed by atoms with E-state index < -0.39 is 5.09 Å². The molecule has 0 unspecified atom stereocenters. The minimum Gasteiger partial charge on any atom is -0.494 e. The first kappa shape index (κ1) is 19.7. The molecule has 124 valence electrons. The number of nitrogens with two attached hydrogens (primary N) is 2. The third-order valence-corrected chi connectivity index (χ3v) is 2.27. The predicted octanol–water partition coefficient (Wildman–Crippen LogP) is 0.380. The Labute approximate surface area is 133 Å². The van der Waals surface area contributed by atoms with Crippen LogP contribution in [0.2, 0.25) is 0 Å². The molecule has 0 aliphatic heterocycles. The van der Waals surface area contributed by atoms with Crippen LogP contribution in [-0.4, -0.2) is 35.1 Å². The highest BCUT2D eigenvalue weighted by atomic mass is 16.9. The van der Waals surface area contributed by atoms with Gasteiger partial charge in [0, 0.05) is 0 Å². The summed E-state index contributed by atoms with van der Waals surface area (Å²) in [7, 11) is 0. The lowest BCUT2D eigenvalue weighted by Gasteiger charge is -2.02. The molecule has 0 radical (unpaired) electrons. The van der Waals surface area contributed by atoms with Gasteiger partial charge in [0.2, 0.25) is 0 Å². The van der Waals surface area contributed by atoms with Gasteiger partial charge in [-0.15, -0.1) is 9.79 Å². The Morgan fingerprint density at radius 1 is 1.39 bits per heavy atom. The number of hydrogen-bond donors (Lipinski definition) is 2. The monoisotopic (exact) mass is 322 g/mol. The quantitative estimate of drug-likeness (QED) is 0.251. The third-order valence-electron chi connectivity index (χ3n) is 2.27. The van der Waals surface area contributed by atoms with E-state index in [9.17, 15) is 0 Å². The normalized spacial score (nSPS) is 9.39. The first-order chi connectivity index (χ1) is 10.9. The standard InChI is InChI=1S/C13H17N5O.NO3/c1-2-19-12-6-4-11(5-7-12)10-17-18(13(15)16)9-3-8-14;2-1(3)4/h4-7,10H,2-3,9H2,1H3,(H3,15,16);/q;-1/p+1/b17-10+;. The van der Waals surface area contributed by atoms with Crippen LogP contribution in [0, 0.1) is 26.7 Å². The average Bonchev–Trinajstić information content (AvgIpc) is 2.48. The van der Waals surface area contributed by atoms with Crippen LogP contribution < -0.4 is 16.2 Å². The van der Waals surface area contributed by atoms with Gasteiger partial charge in [0.1, 0.15) is 12.3 Å². The van der Waals surface area contributed by atoms with E-state index in [0.29, 0.717) is 19.6 Å². The molecule has 0 bridgehead atoms. The molecule has 0 spiro atoms. The van der Waals surface area contributed by atoms with Gasteiger partial charge in [-0.3, -0.25) is 11.5 Å². The van der Waals surface area contributed by atoms with Crippen LogP contribution in [0.4, 0.5) is 0 Å². The number of rotatable bonds is 6. The van der Waals surface area contributed by atoms with Gasteiger partial charge in [0.25, 0.3) is 0 Å². The molecule has 0 atom stereocenters. The minimum absolute atomic E-state index is 0.0671. The van der Waals surface area contributed by atoms with E-state index in [-0.39, 0.29) is 5.96 Å². The highest BCUT2D eigenvalue weighted by Crippen LogP contribution is 2.10. The summed E-state index contributed by atoms with van der Waals surface area (Å²) in [5, 5.41) is 27.4. The van der Waals surface area contributed by atoms with E-state index in [2.05, 4.69) is 5.10 Å². The minimum atomic E-state index is -1.75. The van der Waals surface area contributed by atoms with Crippen molar-refractivity contribution in [3.63, 3.8) is 0 Å². The zero-order valence-electron chi connectivity index (χ0n) is 12.6. The van der Waals surface area contributed by atoms with Crippen LogP contribution in [0.5, 0.6) is 5.75 Å². The number of guanidine groups is 1. The van der Waals surface area contributed by atoms with Crippen molar-refractivity contribution in [2.24, 2.45) is 16.6 Å². The maximum atomic E-state index is 8.53. The second-order valence-electron chi connectivity index (χ2n) is 3.93. The molecule has 0 fully saturated rings. The molecular formula is C13H18N6O4. The van der Waals surface area contributed by atoms with Crippen molar-refractivity contribution >= 4 is 12.2 Å². The van der Waals surface area contributed by atoms with Crippen molar-refractivity contribution in [1.29, 1.82) is 5.26 Å². The van der Waals surface area contributed by atoms with E-state index in [0.717, 1.165) is 11.3 Å². The van der Waals surface area contributed by atoms with E-state index in [1.165, 1.54) is 4.68 Å². The van der Waals surface area contributed by atoms with Crippen molar-refractivity contribution < 1.29 is 14.5 Å². The molecule has 0 aliphatic rings. The summed E-state index contributed by atoms with van der Waals surface area (Å²) in [5.41, 5.74) is 11.9. The summed E-state index contributed by atoms with van der Waals surface area (Å²) in [6, 6.07) is 9.50. The zero-order valence-corrected chi connectivity index (χ0v) is 12.6. The first-order valence-electron chi connectivity index (χ1n) is 6.51. The molecule has 0 aromatic heterocycles. The molecular weight excluding hydrogens is 304 g/mol. The summed E-state index contributed by atoms with van der Waals surface area (Å²) in [5.74, 6) is 0.878. The fourth-order valence-corrected chi connectivity index (χ4v) is 1.36. The van der Waals surface area contributed by atoms with Gasteiger partial charge >= 0.3 is 5.96 Å². The Hall–Kier alpha value is -3.35. The molecule has 1 aromatic rings. The number of ether oxygens (including phenoxy) is 1. The van der Waals surface area contributed by atoms with Crippen molar-refractivity contribution in [2.45, 2.75) is 13.3 Å². The van der Waals surface area contributed by atoms with Gasteiger partial charge in [-0.1, -0.05) is 0 Å². The SMILES string of the molecule is CCOc1ccc(/C=N/[N+](CCC#N)=C(N)N)cc1.O=[N+]([O-])[O-]. The number of benzene rings is 1. The van der Waals surface area contributed by atoms with Crippen molar-refractivity contribution in [3.8, 4) is 11.8 Å². The Bertz CT molecular complexity index is 583. The molecule has 1 aromatic carbocycles. The lowest BCUT2D eigenvalue weighted by atomic mass is 10.2. The van der Waals surface area contributed by atoms with Crippen LogP contribution >= 0.6 is 0 Å². The van der Waals surface area contributed by atoms with Crippen molar-refractivity contribution in [3.05, 3.63) is 45.2 Å². The fraction of sp³-hybridized carbons (Fsp3) is 0.308. The Balaban J connectivity index is 0.00000108. The van der Waals surface area contributed by atoms with Gasteiger partial charge in [-0.05, 0) is 36.8 Å². The van der Waals surface area contributed by atoms with E-state index in [1.807, 2.05) is 37.3 Å². The lowest BCUT2D eigenvalue weighted by Crippen LogP contribution is -2.33. The van der Waals surface area contributed by atoms with Crippen LogP contribution in [0.25, 0.3) is 0 Å². The Kier molecular flexibility index (Phi) is 9.68. The fourth-order valence-electron chi connectivity index (χ4n) is 1.36. The van der Waals surface area contributed by atoms with Crippen molar-refractivity contribution in [1.82, 2.24) is 0 Å². The molecule has 10 heteroatoms. The highest BCUT2D eigenvalue weighted by Gasteiger charge is 2.01. The molecule has 1 rings (SSSR count). The summed E-state index contributed by atoms with van der Waals surface area (Å²) in [6.07, 6.45) is 1.94. The van der Waals surface area contributed by atoms with Gasteiger partial charge in [0.05, 0.1) is 30.4 Å². The second kappa shape index (κ2) is 11.3. The maximum Gasteiger partial charge on any atom is 0.365 e. The van der Waals surface area contributed by atoms with E-state index >= 15 is 0 Å². The van der Waals surface area contributed by atoms with Gasteiger partial charge < -0.3 is 20.1 Å². The summed E-state index contributed by atoms with van der Waals surface area (Å²) in [6.45, 7) is 2.93. The van der Waals surface area contributed by atoms with Gasteiger partial charge in [-0.25, -0.2) is 0 Å². The summed E-state index contributed by atoms with van der Waals surface area (Å²) in [4.78, 5) is 8.25. The number of nitrogens with zero attached hydrogens (tertiary/aromatic N) is 4. The first-order valence-corrected chi connectivity index (χ1v) is 6.51. The summed E-state index contributed by atoms with van der Waals surface area (Å²) < 4.78 is 6.73. The van der Waals surface area contributed by atoms with E-state index in [1.54, 1.807) is 6.21 Å². The molecule has 23 heavy (non-hydrogen) atoms. The van der Waals surface area contributed by atoms with Crippen molar-refractivity contribution in [2.75, 3.05) is 13.2 Å². The molecule has 0 saturated carbocycles. The average molecular weight is 322 g/mol. The third kappa shape index (κ3) is 10.1. The van der Waals surface area contributed by atoms with Crippen LogP contribution in [-0.2, 0) is 0 Å². The zero-order chi connectivity index (χ0) is 17.7. The Morgan fingerprint density at radius 2 is 1.96 bits per heavy atom. The van der Waals surface area contributed by atoms with Crippen LogP contribution in [0.3, 0.4) is 0 Å².